The van der Waals surface area contributed by atoms with Crippen molar-refractivity contribution in [1.82, 2.24) is 0 Å². The van der Waals surface area contributed by atoms with Gasteiger partial charge in [0.1, 0.15) is 0 Å². The van der Waals surface area contributed by atoms with E-state index in [1.54, 1.807) is 4.90 Å². The summed E-state index contributed by atoms with van der Waals surface area (Å²) in [4.78, 5) is 36.8. The van der Waals surface area contributed by atoms with Gasteiger partial charge in [0.25, 0.3) is 0 Å². The average Bonchev–Trinajstić information content (AvgIpc) is 3.07. The van der Waals surface area contributed by atoms with Gasteiger partial charge in [-0.1, -0.05) is 36.4 Å². The Morgan fingerprint density at radius 1 is 1.06 bits per heavy atom. The van der Waals surface area contributed by atoms with Crippen molar-refractivity contribution in [3.05, 3.63) is 69.5 Å². The van der Waals surface area contributed by atoms with Gasteiger partial charge in [0.2, 0.25) is 5.91 Å². The normalized spacial score (nSPS) is 10.5. The molecular formula is C22H18BrNO6S. The number of nitrogens with zero attached hydrogens (tertiary/aromatic N) is 1. The van der Waals surface area contributed by atoms with Gasteiger partial charge in [0.05, 0.1) is 15.9 Å². The highest BCUT2D eigenvalue weighted by Crippen LogP contribution is 2.45. The number of hydrogen-bond donors (Lipinski definition) is 2. The summed E-state index contributed by atoms with van der Waals surface area (Å²) < 4.78 is 5.58. The van der Waals surface area contributed by atoms with E-state index in [1.807, 2.05) is 54.6 Å². The highest BCUT2D eigenvalue weighted by atomic mass is 79.9. The molecular weight excluding hydrogens is 486 g/mol. The number of thiophene rings is 1. The number of anilines is 1. The second-order valence-corrected chi connectivity index (χ2v) is 8.35. The van der Waals surface area contributed by atoms with Crippen molar-refractivity contribution >= 4 is 50.8 Å². The molecule has 0 aliphatic heterocycles. The monoisotopic (exact) mass is 503 g/mol. The largest absolute Gasteiger partial charge is 0.479 e. The first kappa shape index (κ1) is 22.5. The number of benzene rings is 2. The molecule has 0 saturated heterocycles. The zero-order valence-electron chi connectivity index (χ0n) is 16.4. The second kappa shape index (κ2) is 9.76. The number of amides is 1. The fraction of sp³-hybridized carbons (Fsp3) is 0.136. The number of ether oxygens (including phenoxy) is 1. The number of carboxylic acid groups (broad SMARTS) is 2. The van der Waals surface area contributed by atoms with Crippen LogP contribution in [0.25, 0.3) is 10.4 Å². The van der Waals surface area contributed by atoms with Crippen molar-refractivity contribution in [3.63, 3.8) is 0 Å². The van der Waals surface area contributed by atoms with E-state index in [-0.39, 0.29) is 16.5 Å². The van der Waals surface area contributed by atoms with Crippen LogP contribution in [0, 0.1) is 0 Å². The van der Waals surface area contributed by atoms with Gasteiger partial charge in [-0.05, 0) is 45.3 Å². The third-order valence-electron chi connectivity index (χ3n) is 4.32. The molecule has 2 N–H and O–H groups in total. The van der Waals surface area contributed by atoms with Crippen LogP contribution in [0.15, 0.2) is 59.1 Å². The molecule has 1 aromatic heterocycles. The quantitative estimate of drug-likeness (QED) is 0.453. The molecule has 0 aliphatic carbocycles. The minimum atomic E-state index is -1.21. The van der Waals surface area contributed by atoms with Crippen LogP contribution in [-0.2, 0) is 16.1 Å². The highest BCUT2D eigenvalue weighted by molar-refractivity contribution is 9.10. The molecule has 0 radical (unpaired) electrons. The molecule has 3 rings (SSSR count). The lowest BCUT2D eigenvalue weighted by Crippen LogP contribution is -2.27. The van der Waals surface area contributed by atoms with Crippen LogP contribution in [0.2, 0.25) is 0 Å². The summed E-state index contributed by atoms with van der Waals surface area (Å²) in [6.45, 7) is 1.18. The number of rotatable bonds is 8. The molecule has 1 amide bonds. The first-order chi connectivity index (χ1) is 14.8. The molecule has 7 nitrogen and oxygen atoms in total. The zero-order chi connectivity index (χ0) is 22.5. The highest BCUT2D eigenvalue weighted by Gasteiger charge is 2.24. The van der Waals surface area contributed by atoms with E-state index in [0.29, 0.717) is 15.9 Å². The van der Waals surface area contributed by atoms with E-state index in [4.69, 9.17) is 9.84 Å². The number of hydrogen-bond acceptors (Lipinski definition) is 5. The van der Waals surface area contributed by atoms with Gasteiger partial charge in [-0.2, -0.15) is 0 Å². The molecule has 9 heteroatoms. The van der Waals surface area contributed by atoms with E-state index < -0.39 is 18.5 Å². The Bertz CT molecular complexity index is 1130. The van der Waals surface area contributed by atoms with E-state index in [9.17, 15) is 19.5 Å². The maximum atomic E-state index is 12.2. The Morgan fingerprint density at radius 2 is 1.77 bits per heavy atom. The van der Waals surface area contributed by atoms with Crippen LogP contribution in [-0.4, -0.2) is 34.7 Å². The Morgan fingerprint density at radius 3 is 2.39 bits per heavy atom. The molecule has 31 heavy (non-hydrogen) atoms. The molecule has 0 unspecified atom stereocenters. The predicted octanol–water partition coefficient (Wildman–Crippen LogP) is 4.89. The summed E-state index contributed by atoms with van der Waals surface area (Å²) >= 11 is 4.34. The van der Waals surface area contributed by atoms with Crippen molar-refractivity contribution in [1.29, 1.82) is 0 Å². The third kappa shape index (κ3) is 5.31. The lowest BCUT2D eigenvalue weighted by atomic mass is 10.1. The summed E-state index contributed by atoms with van der Waals surface area (Å²) in [6.07, 6.45) is 0. The summed E-state index contributed by atoms with van der Waals surface area (Å²) in [5.74, 6) is -2.54. The second-order valence-electron chi connectivity index (χ2n) is 6.53. The number of aromatic carboxylic acids is 1. The van der Waals surface area contributed by atoms with Crippen LogP contribution in [0.3, 0.4) is 0 Å². The van der Waals surface area contributed by atoms with Gasteiger partial charge in [0, 0.05) is 12.6 Å². The standard InChI is InChI=1S/C22H18BrNO6S/c1-13(25)24(16-8-3-2-4-9-16)11-14-6-5-7-15(10-14)20-18(23)19(30-12-17(26)27)21(31-20)22(28)29/h2-10H,11-12H2,1H3,(H,26,27)(H,28,29). The minimum Gasteiger partial charge on any atom is -0.479 e. The molecule has 2 aromatic carbocycles. The maximum absolute atomic E-state index is 12.2. The van der Waals surface area contributed by atoms with Crippen LogP contribution in [0.5, 0.6) is 5.75 Å². The molecule has 1 heterocycles. The Balaban J connectivity index is 1.96. The van der Waals surface area contributed by atoms with Crippen LogP contribution in [0.4, 0.5) is 5.69 Å². The van der Waals surface area contributed by atoms with Crippen molar-refractivity contribution in [3.8, 4) is 16.2 Å². The lowest BCUT2D eigenvalue weighted by molar-refractivity contribution is -0.139. The Hall–Kier alpha value is -3.17. The number of para-hydroxylation sites is 1. The van der Waals surface area contributed by atoms with Crippen molar-refractivity contribution in [2.75, 3.05) is 11.5 Å². The topological polar surface area (TPSA) is 104 Å². The molecule has 0 bridgehead atoms. The smallest absolute Gasteiger partial charge is 0.349 e. The first-order valence-corrected chi connectivity index (χ1v) is 10.7. The van der Waals surface area contributed by atoms with E-state index in [2.05, 4.69) is 15.9 Å². The molecule has 0 fully saturated rings. The molecule has 0 atom stereocenters. The Labute approximate surface area is 190 Å². The number of carboxylic acids is 2. The van der Waals surface area contributed by atoms with Crippen molar-refractivity contribution in [2.45, 2.75) is 13.5 Å². The first-order valence-electron chi connectivity index (χ1n) is 9.10. The molecule has 0 aliphatic rings. The van der Waals surface area contributed by atoms with Crippen LogP contribution < -0.4 is 9.64 Å². The maximum Gasteiger partial charge on any atom is 0.349 e. The van der Waals surface area contributed by atoms with E-state index in [0.717, 1.165) is 28.2 Å². The van der Waals surface area contributed by atoms with Gasteiger partial charge in [0.15, 0.2) is 17.2 Å². The van der Waals surface area contributed by atoms with E-state index in [1.165, 1.54) is 6.92 Å². The number of carbonyl (C=O) groups excluding carboxylic acids is 1. The van der Waals surface area contributed by atoms with Gasteiger partial charge >= 0.3 is 11.9 Å². The SMILES string of the molecule is CC(=O)N(Cc1cccc(-c2sc(C(=O)O)c(OCC(=O)O)c2Br)c1)c1ccccc1. The molecule has 160 valence electrons. The van der Waals surface area contributed by atoms with Gasteiger partial charge in [-0.15, -0.1) is 11.3 Å². The molecule has 0 saturated carbocycles. The van der Waals surface area contributed by atoms with Crippen LogP contribution in [0.1, 0.15) is 22.2 Å². The fourth-order valence-corrected chi connectivity index (χ4v) is 4.86. The van der Waals surface area contributed by atoms with Crippen molar-refractivity contribution in [2.24, 2.45) is 0 Å². The summed E-state index contributed by atoms with van der Waals surface area (Å²) in [6, 6.07) is 16.7. The number of halogens is 1. The summed E-state index contributed by atoms with van der Waals surface area (Å²) in [7, 11) is 0. The molecule has 3 aromatic rings. The lowest BCUT2D eigenvalue weighted by Gasteiger charge is -2.21. The van der Waals surface area contributed by atoms with Gasteiger partial charge < -0.3 is 19.8 Å². The summed E-state index contributed by atoms with van der Waals surface area (Å²) in [5.41, 5.74) is 2.34. The van der Waals surface area contributed by atoms with Crippen LogP contribution >= 0.6 is 27.3 Å². The fourth-order valence-electron chi connectivity index (χ4n) is 2.97. The Kier molecular flexibility index (Phi) is 7.09. The van der Waals surface area contributed by atoms with E-state index >= 15 is 0 Å². The predicted molar refractivity (Wildman–Crippen MR) is 121 cm³/mol. The number of aliphatic carboxylic acids is 1. The molecule has 0 spiro atoms. The number of carbonyl (C=O) groups is 3. The third-order valence-corrected chi connectivity index (χ3v) is 6.55. The zero-order valence-corrected chi connectivity index (χ0v) is 18.8. The van der Waals surface area contributed by atoms with Gasteiger partial charge in [-0.3, -0.25) is 4.79 Å². The average molecular weight is 504 g/mol. The van der Waals surface area contributed by atoms with Crippen molar-refractivity contribution < 1.29 is 29.3 Å². The summed E-state index contributed by atoms with van der Waals surface area (Å²) in [5, 5.41) is 18.4. The minimum absolute atomic E-state index is 0.0186. The van der Waals surface area contributed by atoms with Gasteiger partial charge in [-0.25, -0.2) is 9.59 Å².